The lowest BCUT2D eigenvalue weighted by atomic mass is 10.2. The summed E-state index contributed by atoms with van der Waals surface area (Å²) in [5.41, 5.74) is -1.14. The van der Waals surface area contributed by atoms with Crippen LogP contribution < -0.4 is 11.2 Å². The molecule has 0 spiro atoms. The van der Waals surface area contributed by atoms with Crippen molar-refractivity contribution in [2.45, 2.75) is 19.6 Å². The highest BCUT2D eigenvalue weighted by molar-refractivity contribution is 9.10. The Bertz CT molecular complexity index is 1290. The predicted molar refractivity (Wildman–Crippen MR) is 124 cm³/mol. The summed E-state index contributed by atoms with van der Waals surface area (Å²) in [6.45, 7) is 3.43. The van der Waals surface area contributed by atoms with Gasteiger partial charge in [-0.2, -0.15) is 0 Å². The maximum atomic E-state index is 14.4. The van der Waals surface area contributed by atoms with Crippen LogP contribution in [-0.4, -0.2) is 63.2 Å². The van der Waals surface area contributed by atoms with E-state index in [1.54, 1.807) is 12.1 Å². The molecule has 3 heterocycles. The summed E-state index contributed by atoms with van der Waals surface area (Å²) < 4.78 is 16.9. The number of hydrogen-bond acceptors (Lipinski definition) is 6. The Kier molecular flexibility index (Phi) is 6.61. The van der Waals surface area contributed by atoms with Crippen molar-refractivity contribution < 1.29 is 14.3 Å². The van der Waals surface area contributed by atoms with Crippen LogP contribution >= 0.6 is 27.3 Å². The van der Waals surface area contributed by atoms with Crippen LogP contribution in [0.2, 0.25) is 0 Å². The number of hydrogen-bond donors (Lipinski definition) is 1. The molecule has 0 aliphatic carbocycles. The third-order valence-electron chi connectivity index (χ3n) is 5.56. The van der Waals surface area contributed by atoms with E-state index in [9.17, 15) is 23.9 Å². The molecule has 2 aromatic heterocycles. The van der Waals surface area contributed by atoms with E-state index in [2.05, 4.69) is 32.8 Å². The normalized spacial score (nSPS) is 15.5. The molecule has 1 aliphatic rings. The van der Waals surface area contributed by atoms with Crippen molar-refractivity contribution in [1.29, 1.82) is 0 Å². The first-order chi connectivity index (χ1) is 15.2. The van der Waals surface area contributed by atoms with Crippen LogP contribution in [0.1, 0.15) is 10.4 Å². The van der Waals surface area contributed by atoms with Gasteiger partial charge in [-0.25, -0.2) is 9.18 Å². The van der Waals surface area contributed by atoms with Crippen LogP contribution in [0, 0.1) is 5.82 Å². The number of aromatic nitrogens is 2. The largest absolute Gasteiger partial charge is 0.480 e. The van der Waals surface area contributed by atoms with Gasteiger partial charge in [-0.15, -0.1) is 11.3 Å². The number of fused-ring (bicyclic) bond motifs is 1. The van der Waals surface area contributed by atoms with Crippen molar-refractivity contribution in [2.24, 2.45) is 0 Å². The number of halogens is 2. The highest BCUT2D eigenvalue weighted by Crippen LogP contribution is 2.24. The second-order valence-electron chi connectivity index (χ2n) is 7.90. The fourth-order valence-corrected chi connectivity index (χ4v) is 5.30. The summed E-state index contributed by atoms with van der Waals surface area (Å²) in [5, 5.41) is 9.62. The van der Waals surface area contributed by atoms with Gasteiger partial charge in [0.2, 0.25) is 0 Å². The highest BCUT2D eigenvalue weighted by Gasteiger charge is 2.21. The molecule has 0 bridgehead atoms. The minimum atomic E-state index is -1.19. The van der Waals surface area contributed by atoms with Crippen molar-refractivity contribution in [2.75, 3.05) is 33.2 Å². The van der Waals surface area contributed by atoms with Crippen molar-refractivity contribution in [1.82, 2.24) is 18.9 Å². The van der Waals surface area contributed by atoms with E-state index in [0.717, 1.165) is 40.2 Å². The first-order valence-electron chi connectivity index (χ1n) is 10.1. The third-order valence-corrected chi connectivity index (χ3v) is 7.19. The molecule has 4 rings (SSSR count). The monoisotopic (exact) mass is 524 g/mol. The molecule has 170 valence electrons. The number of nitrogens with zero attached hydrogens (tertiary/aromatic N) is 4. The Morgan fingerprint density at radius 2 is 1.84 bits per heavy atom. The molecular formula is C21H22BrFN4O4S. The van der Waals surface area contributed by atoms with Crippen molar-refractivity contribution in [3.63, 3.8) is 0 Å². The van der Waals surface area contributed by atoms with E-state index < -0.39 is 29.6 Å². The van der Waals surface area contributed by atoms with Gasteiger partial charge in [0.1, 0.15) is 17.2 Å². The van der Waals surface area contributed by atoms with Gasteiger partial charge in [0.25, 0.3) is 5.56 Å². The molecule has 11 heteroatoms. The fourth-order valence-electron chi connectivity index (χ4n) is 3.79. The number of aliphatic carboxylic acids is 1. The van der Waals surface area contributed by atoms with Crippen LogP contribution in [-0.2, 0) is 24.4 Å². The molecule has 1 fully saturated rings. The molecule has 1 saturated heterocycles. The topological polar surface area (TPSA) is 87.8 Å². The summed E-state index contributed by atoms with van der Waals surface area (Å²) in [6, 6.07) is 6.10. The lowest BCUT2D eigenvalue weighted by Gasteiger charge is -2.31. The van der Waals surface area contributed by atoms with E-state index in [0.29, 0.717) is 15.8 Å². The van der Waals surface area contributed by atoms with Crippen LogP contribution in [0.15, 0.2) is 38.3 Å². The Labute approximate surface area is 195 Å². The molecule has 8 nitrogen and oxygen atoms in total. The maximum absolute atomic E-state index is 14.4. The second-order valence-corrected chi connectivity index (χ2v) is 9.93. The zero-order chi connectivity index (χ0) is 23.0. The number of likely N-dealkylation sites (N-methyl/N-ethyl adjacent to an activating group) is 1. The van der Waals surface area contributed by atoms with Crippen LogP contribution in [0.5, 0.6) is 0 Å². The number of piperazine rings is 1. The van der Waals surface area contributed by atoms with E-state index in [-0.39, 0.29) is 17.5 Å². The van der Waals surface area contributed by atoms with Crippen molar-refractivity contribution in [3.05, 3.63) is 65.8 Å². The van der Waals surface area contributed by atoms with Gasteiger partial charge in [-0.1, -0.05) is 22.0 Å². The van der Waals surface area contributed by atoms with Crippen molar-refractivity contribution in [3.8, 4) is 0 Å². The van der Waals surface area contributed by atoms with Gasteiger partial charge >= 0.3 is 11.7 Å². The summed E-state index contributed by atoms with van der Waals surface area (Å²) >= 11 is 4.44. The number of thiophene rings is 1. The molecule has 32 heavy (non-hydrogen) atoms. The molecule has 1 aromatic carbocycles. The first-order valence-corrected chi connectivity index (χ1v) is 11.7. The summed E-state index contributed by atoms with van der Waals surface area (Å²) in [4.78, 5) is 43.4. The minimum absolute atomic E-state index is 0.168. The zero-order valence-corrected chi connectivity index (χ0v) is 19.8. The van der Waals surface area contributed by atoms with Gasteiger partial charge in [-0.3, -0.25) is 23.6 Å². The summed E-state index contributed by atoms with van der Waals surface area (Å²) in [6.07, 6.45) is 0. The fraction of sp³-hybridized carbons (Fsp3) is 0.381. The number of carboxylic acid groups (broad SMARTS) is 1. The van der Waals surface area contributed by atoms with Crippen molar-refractivity contribution >= 4 is 43.5 Å². The van der Waals surface area contributed by atoms with E-state index in [4.69, 9.17) is 0 Å². The number of benzene rings is 1. The quantitative estimate of drug-likeness (QED) is 0.530. The Morgan fingerprint density at radius 3 is 2.50 bits per heavy atom. The number of carbonyl (C=O) groups is 1. The van der Waals surface area contributed by atoms with Crippen LogP contribution in [0.4, 0.5) is 4.39 Å². The zero-order valence-electron chi connectivity index (χ0n) is 17.4. The molecule has 1 aliphatic heterocycles. The highest BCUT2D eigenvalue weighted by atomic mass is 79.9. The smallest absolute Gasteiger partial charge is 0.332 e. The first kappa shape index (κ1) is 22.8. The molecule has 0 radical (unpaired) electrons. The Hall–Kier alpha value is -2.34. The van der Waals surface area contributed by atoms with Gasteiger partial charge in [0, 0.05) is 47.6 Å². The number of carboxylic acids is 1. The lowest BCUT2D eigenvalue weighted by Crippen LogP contribution is -2.43. The van der Waals surface area contributed by atoms with Gasteiger partial charge in [0.05, 0.1) is 11.9 Å². The Balaban J connectivity index is 1.78. The molecule has 1 N–H and O–H groups in total. The van der Waals surface area contributed by atoms with Gasteiger partial charge in [-0.05, 0) is 25.2 Å². The van der Waals surface area contributed by atoms with E-state index in [1.807, 2.05) is 0 Å². The molecule has 0 saturated carbocycles. The van der Waals surface area contributed by atoms with Gasteiger partial charge < -0.3 is 10.0 Å². The number of rotatable bonds is 6. The Morgan fingerprint density at radius 1 is 1.12 bits per heavy atom. The molecule has 0 atom stereocenters. The van der Waals surface area contributed by atoms with E-state index >= 15 is 0 Å². The maximum Gasteiger partial charge on any atom is 0.332 e. The predicted octanol–water partition coefficient (Wildman–Crippen LogP) is 2.01. The molecule has 3 aromatic rings. The van der Waals surface area contributed by atoms with Crippen LogP contribution in [0.25, 0.3) is 10.2 Å². The SMILES string of the molecule is CN1CCN(Cc2cc3c(=O)n(Cc4ccc(Br)cc4F)c(=O)n(CC(=O)O)c3s2)CC1. The molecule has 0 unspecified atom stereocenters. The lowest BCUT2D eigenvalue weighted by molar-refractivity contribution is -0.137. The molecular weight excluding hydrogens is 503 g/mol. The van der Waals surface area contributed by atoms with Gasteiger partial charge in [0.15, 0.2) is 0 Å². The second kappa shape index (κ2) is 9.26. The molecule has 0 amide bonds. The summed E-state index contributed by atoms with van der Waals surface area (Å²) in [7, 11) is 2.07. The minimum Gasteiger partial charge on any atom is -0.480 e. The summed E-state index contributed by atoms with van der Waals surface area (Å²) in [5.74, 6) is -1.75. The average molecular weight is 525 g/mol. The third kappa shape index (κ3) is 4.70. The van der Waals surface area contributed by atoms with E-state index in [1.165, 1.54) is 23.5 Å². The average Bonchev–Trinajstić information content (AvgIpc) is 3.15. The standard InChI is InChI=1S/C21H22BrFN4O4S/c1-24-4-6-25(7-5-24)11-15-9-16-19(30)26(10-13-2-3-14(22)8-17(13)23)21(31)27(12-18(28)29)20(16)32-15/h2-3,8-9H,4-7,10-12H2,1H3,(H,28,29). The van der Waals surface area contributed by atoms with Crippen LogP contribution in [0.3, 0.4) is 0 Å².